The van der Waals surface area contributed by atoms with Gasteiger partial charge in [0.05, 0.1) is 19.5 Å². The molecule has 5 N–H and O–H groups in total. The van der Waals surface area contributed by atoms with E-state index in [0.717, 1.165) is 0 Å². The van der Waals surface area contributed by atoms with Crippen LogP contribution < -0.4 is 16.8 Å². The van der Waals surface area contributed by atoms with Crippen molar-refractivity contribution in [2.75, 3.05) is 13.5 Å². The topological polar surface area (TPSA) is 90.4 Å². The van der Waals surface area contributed by atoms with E-state index in [1.807, 2.05) is 0 Å². The highest BCUT2D eigenvalue weighted by molar-refractivity contribution is 5.79. The molecule has 10 heavy (non-hydrogen) atoms. The first-order chi connectivity index (χ1) is 4.68. The molecule has 0 heterocycles. The molecule has 0 aliphatic heterocycles. The first-order valence-electron chi connectivity index (χ1n) is 2.99. The Morgan fingerprint density at radius 1 is 1.80 bits per heavy atom. The molecule has 0 fully saturated rings. The van der Waals surface area contributed by atoms with Crippen molar-refractivity contribution in [3.05, 3.63) is 0 Å². The zero-order chi connectivity index (χ0) is 7.98. The zero-order valence-corrected chi connectivity index (χ0v) is 5.96. The molecule has 60 valence electrons. The Morgan fingerprint density at radius 2 is 2.40 bits per heavy atom. The van der Waals surface area contributed by atoms with E-state index in [1.54, 1.807) is 6.92 Å². The minimum Gasteiger partial charge on any atom is -0.368 e. The average molecular weight is 147 g/mol. The van der Waals surface area contributed by atoms with Crippen LogP contribution in [0.15, 0.2) is 0 Å². The van der Waals surface area contributed by atoms with Crippen LogP contribution in [0.5, 0.6) is 0 Å². The van der Waals surface area contributed by atoms with Crippen LogP contribution in [0.4, 0.5) is 0 Å². The molecule has 0 bridgehead atoms. The third kappa shape index (κ3) is 4.25. The third-order valence-electron chi connectivity index (χ3n) is 1.04. The van der Waals surface area contributed by atoms with E-state index >= 15 is 0 Å². The monoisotopic (exact) mass is 147 g/mol. The largest absolute Gasteiger partial charge is 0.368 e. The van der Waals surface area contributed by atoms with Crippen LogP contribution in [0, 0.1) is 0 Å². The molecule has 0 aromatic heterocycles. The molecule has 0 rings (SSSR count). The number of nitrogens with one attached hydrogen (secondary N) is 1. The summed E-state index contributed by atoms with van der Waals surface area (Å²) < 4.78 is 4.71. The van der Waals surface area contributed by atoms with Gasteiger partial charge in [-0.25, -0.2) is 0 Å². The summed E-state index contributed by atoms with van der Waals surface area (Å²) in [7, 11) is 0. The lowest BCUT2D eigenvalue weighted by atomic mass is 10.3. The van der Waals surface area contributed by atoms with Gasteiger partial charge in [0, 0.05) is 0 Å². The molecule has 0 aliphatic carbocycles. The number of carbonyl (C=O) groups excluding carboxylic acids is 1. The van der Waals surface area contributed by atoms with E-state index in [2.05, 4.69) is 5.32 Å². The Balaban J connectivity index is 3.21. The highest BCUT2D eigenvalue weighted by Gasteiger charge is 2.05. The number of hydrogen-bond donors (Lipinski definition) is 3. The van der Waals surface area contributed by atoms with Gasteiger partial charge >= 0.3 is 0 Å². The van der Waals surface area contributed by atoms with Gasteiger partial charge in [-0.05, 0) is 6.92 Å². The number of primary amides is 1. The molecule has 1 unspecified atom stereocenters. The van der Waals surface area contributed by atoms with Gasteiger partial charge in [-0.2, -0.15) is 0 Å². The van der Waals surface area contributed by atoms with Gasteiger partial charge < -0.3 is 16.2 Å². The summed E-state index contributed by atoms with van der Waals surface area (Å²) in [6.07, 6.45) is 0. The van der Waals surface area contributed by atoms with Gasteiger partial charge in [-0.1, -0.05) is 0 Å². The standard InChI is InChI=1S/C5H13N3O2/c1-4(5(7)9)8-3-10-2-6/h4,8H,2-3,6H2,1H3,(H2,7,9). The lowest BCUT2D eigenvalue weighted by molar-refractivity contribution is -0.120. The zero-order valence-electron chi connectivity index (χ0n) is 5.96. The number of carbonyl (C=O) groups is 1. The second-order valence-corrected chi connectivity index (χ2v) is 1.84. The minimum atomic E-state index is -0.402. The maximum Gasteiger partial charge on any atom is 0.234 e. The highest BCUT2D eigenvalue weighted by Crippen LogP contribution is 1.76. The predicted molar refractivity (Wildman–Crippen MR) is 36.8 cm³/mol. The van der Waals surface area contributed by atoms with E-state index in [4.69, 9.17) is 16.2 Å². The van der Waals surface area contributed by atoms with Gasteiger partial charge in [-0.15, -0.1) is 0 Å². The van der Waals surface area contributed by atoms with Crippen LogP contribution >= 0.6 is 0 Å². The molecule has 0 spiro atoms. The first kappa shape index (κ1) is 9.35. The van der Waals surface area contributed by atoms with Crippen LogP contribution in [0.25, 0.3) is 0 Å². The smallest absolute Gasteiger partial charge is 0.234 e. The van der Waals surface area contributed by atoms with Crippen molar-refractivity contribution in [1.82, 2.24) is 5.32 Å². The van der Waals surface area contributed by atoms with E-state index < -0.39 is 5.91 Å². The Bertz CT molecular complexity index is 107. The highest BCUT2D eigenvalue weighted by atomic mass is 16.5. The predicted octanol–water partition coefficient (Wildman–Crippen LogP) is -1.66. The lowest BCUT2D eigenvalue weighted by Crippen LogP contribution is -2.40. The number of hydrogen-bond acceptors (Lipinski definition) is 4. The Hall–Kier alpha value is -0.650. The van der Waals surface area contributed by atoms with E-state index in [0.29, 0.717) is 0 Å². The molecule has 5 heteroatoms. The fraction of sp³-hybridized carbons (Fsp3) is 0.800. The summed E-state index contributed by atoms with van der Waals surface area (Å²) >= 11 is 0. The van der Waals surface area contributed by atoms with Crippen molar-refractivity contribution in [2.45, 2.75) is 13.0 Å². The van der Waals surface area contributed by atoms with Crippen molar-refractivity contribution in [1.29, 1.82) is 0 Å². The van der Waals surface area contributed by atoms with Crippen molar-refractivity contribution >= 4 is 5.91 Å². The molecule has 0 aromatic rings. The normalized spacial score (nSPS) is 13.0. The molecular weight excluding hydrogens is 134 g/mol. The number of nitrogens with two attached hydrogens (primary N) is 2. The Kier molecular flexibility index (Phi) is 4.82. The molecule has 0 saturated heterocycles. The molecule has 0 aromatic carbocycles. The summed E-state index contributed by atoms with van der Waals surface area (Å²) in [4.78, 5) is 10.4. The van der Waals surface area contributed by atoms with Crippen molar-refractivity contribution < 1.29 is 9.53 Å². The molecule has 1 amide bonds. The fourth-order valence-electron chi connectivity index (χ4n) is 0.343. The van der Waals surface area contributed by atoms with Gasteiger partial charge in [0.2, 0.25) is 5.91 Å². The summed E-state index contributed by atoms with van der Waals surface area (Å²) in [5.74, 6) is -0.402. The van der Waals surface area contributed by atoms with Gasteiger partial charge in [0.1, 0.15) is 0 Å². The van der Waals surface area contributed by atoms with E-state index in [1.165, 1.54) is 0 Å². The van der Waals surface area contributed by atoms with Gasteiger partial charge in [0.25, 0.3) is 0 Å². The summed E-state index contributed by atoms with van der Waals surface area (Å²) in [6.45, 7) is 2.04. The van der Waals surface area contributed by atoms with Gasteiger partial charge in [0.15, 0.2) is 0 Å². The number of rotatable bonds is 5. The first-order valence-corrected chi connectivity index (χ1v) is 2.99. The molecule has 5 nitrogen and oxygen atoms in total. The van der Waals surface area contributed by atoms with Crippen LogP contribution in [-0.4, -0.2) is 25.4 Å². The van der Waals surface area contributed by atoms with Crippen LogP contribution in [0.3, 0.4) is 0 Å². The second-order valence-electron chi connectivity index (χ2n) is 1.84. The number of amides is 1. The van der Waals surface area contributed by atoms with Crippen molar-refractivity contribution in [3.63, 3.8) is 0 Å². The minimum absolute atomic E-state index is 0.137. The second kappa shape index (κ2) is 5.16. The SMILES string of the molecule is CC(NCOCN)C(N)=O. The van der Waals surface area contributed by atoms with Crippen LogP contribution in [0.1, 0.15) is 6.92 Å². The maximum atomic E-state index is 10.4. The van der Waals surface area contributed by atoms with Crippen LogP contribution in [0.2, 0.25) is 0 Å². The molecule has 0 saturated carbocycles. The summed E-state index contributed by atoms with van der Waals surface area (Å²) in [6, 6.07) is -0.369. The number of ether oxygens (including phenoxy) is 1. The van der Waals surface area contributed by atoms with Crippen molar-refractivity contribution in [2.24, 2.45) is 11.5 Å². The van der Waals surface area contributed by atoms with E-state index in [9.17, 15) is 4.79 Å². The van der Waals surface area contributed by atoms with Crippen LogP contribution in [-0.2, 0) is 9.53 Å². The maximum absolute atomic E-state index is 10.4. The average Bonchev–Trinajstić information content (AvgIpc) is 1.88. The summed E-state index contributed by atoms with van der Waals surface area (Å²) in [5, 5.41) is 2.71. The molecular formula is C5H13N3O2. The Morgan fingerprint density at radius 3 is 2.80 bits per heavy atom. The molecule has 0 radical (unpaired) electrons. The van der Waals surface area contributed by atoms with Gasteiger partial charge in [-0.3, -0.25) is 10.1 Å². The fourth-order valence-corrected chi connectivity index (χ4v) is 0.343. The summed E-state index contributed by atoms with van der Waals surface area (Å²) in [5.41, 5.74) is 9.94. The lowest BCUT2D eigenvalue weighted by Gasteiger charge is -2.08. The van der Waals surface area contributed by atoms with Crippen molar-refractivity contribution in [3.8, 4) is 0 Å². The molecule has 1 atom stereocenters. The third-order valence-corrected chi connectivity index (χ3v) is 1.04. The Labute approximate surface area is 59.7 Å². The van der Waals surface area contributed by atoms with E-state index in [-0.39, 0.29) is 19.5 Å². The molecule has 0 aliphatic rings. The quantitative estimate of drug-likeness (QED) is 0.320.